The molecule has 0 aliphatic heterocycles. The second kappa shape index (κ2) is 6.32. The summed E-state index contributed by atoms with van der Waals surface area (Å²) in [6.45, 7) is 0. The zero-order valence-electron chi connectivity index (χ0n) is 11.2. The van der Waals surface area contributed by atoms with E-state index in [1.165, 1.54) is 24.3 Å². The van der Waals surface area contributed by atoms with Gasteiger partial charge in [-0.05, 0) is 12.1 Å². The third-order valence-electron chi connectivity index (χ3n) is 2.77. The van der Waals surface area contributed by atoms with Gasteiger partial charge >= 0.3 is 12.1 Å². The zero-order chi connectivity index (χ0) is 17.2. The van der Waals surface area contributed by atoms with Gasteiger partial charge in [0.1, 0.15) is 28.0 Å². The third kappa shape index (κ3) is 4.03. The van der Waals surface area contributed by atoms with Gasteiger partial charge in [-0.25, -0.2) is 23.2 Å². The number of benzene rings is 1. The molecule has 1 aromatic heterocycles. The Bertz CT molecular complexity index is 826. The molecular weight excluding hydrogens is 337 g/mol. The molecule has 6 nitrogen and oxygen atoms in total. The van der Waals surface area contributed by atoms with Crippen molar-refractivity contribution < 1.29 is 31.5 Å². The first-order chi connectivity index (χ1) is 10.7. The molecule has 122 valence electrons. The standard InChI is InChI=1S/C13H9F3N2O4S/c14-13(15,16)10-5-9(17-11(18-10)6-23(21)22)7-3-1-2-4-8(7)12(19)20/h1-5,23H,6H2,(H,19,20). The highest BCUT2D eigenvalue weighted by atomic mass is 32.2. The van der Waals surface area contributed by atoms with Crippen LogP contribution in [0.2, 0.25) is 0 Å². The maximum atomic E-state index is 12.9. The van der Waals surface area contributed by atoms with Gasteiger partial charge in [0, 0.05) is 5.56 Å². The van der Waals surface area contributed by atoms with Gasteiger partial charge in [0.15, 0.2) is 0 Å². The highest BCUT2D eigenvalue weighted by molar-refractivity contribution is 7.71. The summed E-state index contributed by atoms with van der Waals surface area (Å²) in [7, 11) is -3.04. The first kappa shape index (κ1) is 16.9. The summed E-state index contributed by atoms with van der Waals surface area (Å²) in [5.41, 5.74) is -1.96. The molecule has 0 atom stereocenters. The summed E-state index contributed by atoms with van der Waals surface area (Å²) in [6.07, 6.45) is -4.82. The summed E-state index contributed by atoms with van der Waals surface area (Å²) >= 11 is 0. The topological polar surface area (TPSA) is 97.2 Å². The maximum Gasteiger partial charge on any atom is 0.433 e. The molecule has 0 radical (unpaired) electrons. The van der Waals surface area contributed by atoms with E-state index in [-0.39, 0.29) is 16.8 Å². The Hall–Kier alpha value is -2.49. The predicted molar refractivity (Wildman–Crippen MR) is 73.4 cm³/mol. The lowest BCUT2D eigenvalue weighted by Gasteiger charge is -2.11. The number of hydrogen-bond donors (Lipinski definition) is 2. The van der Waals surface area contributed by atoms with Crippen LogP contribution < -0.4 is 0 Å². The van der Waals surface area contributed by atoms with E-state index in [2.05, 4.69) is 9.97 Å². The Morgan fingerprint density at radius 1 is 1.17 bits per heavy atom. The van der Waals surface area contributed by atoms with Gasteiger partial charge in [0.05, 0.1) is 11.3 Å². The molecule has 0 saturated carbocycles. The van der Waals surface area contributed by atoms with Gasteiger partial charge in [0.2, 0.25) is 0 Å². The van der Waals surface area contributed by atoms with Crippen molar-refractivity contribution in [3.63, 3.8) is 0 Å². The molecule has 1 aromatic carbocycles. The number of carbonyl (C=O) groups is 1. The number of aromatic carboxylic acids is 1. The lowest BCUT2D eigenvalue weighted by Crippen LogP contribution is -2.12. The molecule has 2 aromatic rings. The summed E-state index contributed by atoms with van der Waals surface area (Å²) in [5.74, 6) is -2.67. The van der Waals surface area contributed by atoms with Gasteiger partial charge in [0.25, 0.3) is 0 Å². The van der Waals surface area contributed by atoms with E-state index in [9.17, 15) is 26.4 Å². The van der Waals surface area contributed by atoms with E-state index in [1.54, 1.807) is 0 Å². The summed E-state index contributed by atoms with van der Waals surface area (Å²) in [4.78, 5) is 18.1. The lowest BCUT2D eigenvalue weighted by molar-refractivity contribution is -0.141. The Morgan fingerprint density at radius 3 is 2.39 bits per heavy atom. The fourth-order valence-corrected chi connectivity index (χ4v) is 2.23. The molecule has 0 saturated heterocycles. The van der Waals surface area contributed by atoms with E-state index in [1.807, 2.05) is 0 Å². The van der Waals surface area contributed by atoms with Crippen molar-refractivity contribution in [3.8, 4) is 11.3 Å². The molecular formula is C13H9F3N2O4S. The Labute approximate surface area is 129 Å². The van der Waals surface area contributed by atoms with Gasteiger partial charge in [-0.1, -0.05) is 18.2 Å². The van der Waals surface area contributed by atoms with Crippen molar-refractivity contribution >= 4 is 16.7 Å². The van der Waals surface area contributed by atoms with Gasteiger partial charge in [-0.2, -0.15) is 13.2 Å². The van der Waals surface area contributed by atoms with Crippen molar-refractivity contribution in [2.45, 2.75) is 11.9 Å². The first-order valence-corrected chi connectivity index (χ1v) is 7.44. The summed E-state index contributed by atoms with van der Waals surface area (Å²) in [6, 6.07) is 5.93. The molecule has 10 heteroatoms. The molecule has 0 aliphatic carbocycles. The zero-order valence-corrected chi connectivity index (χ0v) is 12.1. The van der Waals surface area contributed by atoms with Crippen LogP contribution in [0.15, 0.2) is 30.3 Å². The van der Waals surface area contributed by atoms with Crippen LogP contribution in [0.3, 0.4) is 0 Å². The minimum Gasteiger partial charge on any atom is -0.478 e. The molecule has 23 heavy (non-hydrogen) atoms. The number of rotatable bonds is 4. The van der Waals surface area contributed by atoms with E-state index in [4.69, 9.17) is 5.11 Å². The molecule has 0 unspecified atom stereocenters. The highest BCUT2D eigenvalue weighted by Crippen LogP contribution is 2.31. The van der Waals surface area contributed by atoms with E-state index >= 15 is 0 Å². The second-order valence-electron chi connectivity index (χ2n) is 4.39. The Kier molecular flexibility index (Phi) is 4.64. The van der Waals surface area contributed by atoms with Crippen LogP contribution in [0.25, 0.3) is 11.3 Å². The quantitative estimate of drug-likeness (QED) is 0.822. The van der Waals surface area contributed by atoms with Crippen LogP contribution in [0, 0.1) is 0 Å². The largest absolute Gasteiger partial charge is 0.478 e. The van der Waals surface area contributed by atoms with E-state index in [0.717, 1.165) is 0 Å². The number of halogens is 3. The van der Waals surface area contributed by atoms with Gasteiger partial charge in [-0.3, -0.25) is 0 Å². The molecule has 0 fully saturated rings. The van der Waals surface area contributed by atoms with Crippen molar-refractivity contribution in [2.24, 2.45) is 0 Å². The number of nitrogens with zero attached hydrogens (tertiary/aromatic N) is 2. The van der Waals surface area contributed by atoms with Crippen LogP contribution in [-0.4, -0.2) is 29.5 Å². The van der Waals surface area contributed by atoms with Crippen LogP contribution in [-0.2, 0) is 22.6 Å². The van der Waals surface area contributed by atoms with Gasteiger partial charge < -0.3 is 5.11 Å². The lowest BCUT2D eigenvalue weighted by atomic mass is 10.0. The predicted octanol–water partition coefficient (Wildman–Crippen LogP) is 1.97. The summed E-state index contributed by atoms with van der Waals surface area (Å²) < 4.78 is 60.2. The Balaban J connectivity index is 2.69. The van der Waals surface area contributed by atoms with Gasteiger partial charge in [-0.15, -0.1) is 0 Å². The minimum absolute atomic E-state index is 0.0599. The van der Waals surface area contributed by atoms with Crippen molar-refractivity contribution in [3.05, 3.63) is 47.4 Å². The van der Waals surface area contributed by atoms with E-state index < -0.39 is 40.1 Å². The SMILES string of the molecule is O=C(O)c1ccccc1-c1cc(C(F)(F)F)nc(C[SH](=O)=O)n1. The normalized spacial score (nSPS) is 11.7. The molecule has 0 aliphatic rings. The number of carboxylic acids is 1. The molecule has 0 bridgehead atoms. The molecule has 1 heterocycles. The number of aromatic nitrogens is 2. The van der Waals surface area contributed by atoms with Crippen LogP contribution >= 0.6 is 0 Å². The number of hydrogen-bond acceptors (Lipinski definition) is 5. The summed E-state index contributed by atoms with van der Waals surface area (Å²) in [5, 5.41) is 9.11. The monoisotopic (exact) mass is 346 g/mol. The highest BCUT2D eigenvalue weighted by Gasteiger charge is 2.34. The average Bonchev–Trinajstić information content (AvgIpc) is 2.45. The van der Waals surface area contributed by atoms with Crippen molar-refractivity contribution in [2.75, 3.05) is 0 Å². The number of carboxylic acid groups (broad SMARTS) is 1. The number of thiol groups is 1. The fraction of sp³-hybridized carbons (Fsp3) is 0.154. The molecule has 1 N–H and O–H groups in total. The van der Waals surface area contributed by atoms with Crippen molar-refractivity contribution in [1.29, 1.82) is 0 Å². The van der Waals surface area contributed by atoms with Crippen LogP contribution in [0.5, 0.6) is 0 Å². The molecule has 2 rings (SSSR count). The molecule has 0 amide bonds. The van der Waals surface area contributed by atoms with Crippen LogP contribution in [0.1, 0.15) is 21.9 Å². The third-order valence-corrected chi connectivity index (χ3v) is 3.31. The first-order valence-electron chi connectivity index (χ1n) is 6.08. The minimum atomic E-state index is -4.82. The van der Waals surface area contributed by atoms with Crippen molar-refractivity contribution in [1.82, 2.24) is 9.97 Å². The Morgan fingerprint density at radius 2 is 1.83 bits per heavy atom. The van der Waals surface area contributed by atoms with E-state index in [0.29, 0.717) is 6.07 Å². The fourth-order valence-electron chi connectivity index (χ4n) is 1.86. The average molecular weight is 346 g/mol. The number of alkyl halides is 3. The van der Waals surface area contributed by atoms with Crippen LogP contribution in [0.4, 0.5) is 13.2 Å². The maximum absolute atomic E-state index is 12.9. The molecule has 0 spiro atoms. The smallest absolute Gasteiger partial charge is 0.433 e. The second-order valence-corrected chi connectivity index (χ2v) is 5.38.